The van der Waals surface area contributed by atoms with E-state index in [4.69, 9.17) is 24.7 Å². The monoisotopic (exact) mass is 662 g/mol. The molecule has 1 unspecified atom stereocenters. The van der Waals surface area contributed by atoms with Crippen LogP contribution in [0.4, 0.5) is 4.79 Å². The summed E-state index contributed by atoms with van der Waals surface area (Å²) in [7, 11) is 0. The molecule has 260 valence electrons. The summed E-state index contributed by atoms with van der Waals surface area (Å²) in [6.45, 7) is 9.15. The van der Waals surface area contributed by atoms with Gasteiger partial charge in [-0.25, -0.2) is 9.79 Å². The number of aliphatic hydroxyl groups excluding tert-OH is 1. The number of fused-ring (bicyclic) bond motifs is 1. The molecule has 0 spiro atoms. The summed E-state index contributed by atoms with van der Waals surface area (Å²) in [5, 5.41) is 20.3. The number of ether oxygens (including phenoxy) is 5. The van der Waals surface area contributed by atoms with Gasteiger partial charge in [-0.2, -0.15) is 5.10 Å². The number of nitrogens with zero attached hydrogens (tertiary/aromatic N) is 4. The van der Waals surface area contributed by atoms with Crippen LogP contribution >= 0.6 is 0 Å². The maximum atomic E-state index is 13.2. The van der Waals surface area contributed by atoms with Gasteiger partial charge in [0.15, 0.2) is 11.9 Å². The predicted molar refractivity (Wildman–Crippen MR) is 168 cm³/mol. The van der Waals surface area contributed by atoms with E-state index in [0.717, 1.165) is 32.1 Å². The molecular weight excluding hydrogens is 616 g/mol. The van der Waals surface area contributed by atoms with Crippen LogP contribution in [0.2, 0.25) is 0 Å². The van der Waals surface area contributed by atoms with Gasteiger partial charge in [-0.1, -0.05) is 46.1 Å². The van der Waals surface area contributed by atoms with Crippen molar-refractivity contribution in [2.75, 3.05) is 19.9 Å². The summed E-state index contributed by atoms with van der Waals surface area (Å²) in [6.07, 6.45) is 3.78. The van der Waals surface area contributed by atoms with Gasteiger partial charge in [-0.3, -0.25) is 29.7 Å². The van der Waals surface area contributed by atoms with Crippen molar-refractivity contribution in [1.29, 1.82) is 0 Å². The van der Waals surface area contributed by atoms with Crippen LogP contribution in [0, 0.1) is 11.3 Å². The molecule has 3 aliphatic heterocycles. The average molecular weight is 663 g/mol. The van der Waals surface area contributed by atoms with E-state index in [-0.39, 0.29) is 37.7 Å². The first-order chi connectivity index (χ1) is 22.3. The Morgan fingerprint density at radius 3 is 2.60 bits per heavy atom. The van der Waals surface area contributed by atoms with E-state index >= 15 is 0 Å². The lowest BCUT2D eigenvalue weighted by Crippen LogP contribution is -2.59. The van der Waals surface area contributed by atoms with Gasteiger partial charge in [0.05, 0.1) is 18.3 Å². The van der Waals surface area contributed by atoms with E-state index in [1.165, 1.54) is 18.3 Å². The normalized spacial score (nSPS) is 28.0. The smallest absolute Gasteiger partial charge is 0.415 e. The molecular formula is C31H46N6O10. The van der Waals surface area contributed by atoms with E-state index in [1.54, 1.807) is 26.8 Å². The number of hydrogen-bond acceptors (Lipinski definition) is 15. The Balaban J connectivity index is 1.54. The maximum absolute atomic E-state index is 13.2. The van der Waals surface area contributed by atoms with Crippen LogP contribution in [-0.4, -0.2) is 109 Å². The highest BCUT2D eigenvalue weighted by Crippen LogP contribution is 2.44. The Morgan fingerprint density at radius 2 is 1.94 bits per heavy atom. The Bertz CT molecular complexity index is 1290. The SMILES string of the molecule is C=NC[C@@]1(C2CC=C3C(NC(=O)OCOC(C)=O)=NC=NN32)O[C@H](COC(=O)[C@@H](N)C(C)(C)C)[C@@H](OC(=O)CC2CCCCC2)[C@H]1O. The standard InChI is InChI=1S/C31H46N6O10/c1-18(38)44-17-45-29(42)36-27-20-11-12-22(37(20)35-16-34-27)31(15-33-5)26(40)24(46-23(39)13-19-9-7-6-8-10-19)21(47-31)14-43-28(41)25(32)30(2,3)4/h11,16,19,21-22,24-26,40H,5-10,12-15,17,32H2,1-4H3,(H,34,35,36,42)/t21-,22?,24-,25-,26-,31+/m1/s1. The number of aliphatic imine (C=N–C) groups is 2. The molecule has 0 aromatic carbocycles. The number of carbonyl (C=O) groups is 4. The van der Waals surface area contributed by atoms with Crippen LogP contribution < -0.4 is 11.1 Å². The van der Waals surface area contributed by atoms with Crippen LogP contribution in [-0.2, 0) is 38.1 Å². The van der Waals surface area contributed by atoms with Crippen LogP contribution in [0.1, 0.15) is 72.6 Å². The second-order valence-electron chi connectivity index (χ2n) is 13.3. The molecule has 1 aliphatic carbocycles. The number of amides is 1. The summed E-state index contributed by atoms with van der Waals surface area (Å²) < 4.78 is 27.5. The van der Waals surface area contributed by atoms with E-state index in [0.29, 0.717) is 5.70 Å². The number of esters is 3. The Labute approximate surface area is 273 Å². The fourth-order valence-corrected chi connectivity index (χ4v) is 6.23. The second kappa shape index (κ2) is 15.3. The van der Waals surface area contributed by atoms with Crippen molar-refractivity contribution in [2.45, 2.75) is 109 Å². The number of rotatable bonds is 11. The van der Waals surface area contributed by atoms with Crippen molar-refractivity contribution >= 4 is 42.9 Å². The minimum Gasteiger partial charge on any atom is -0.462 e. The number of amidine groups is 1. The van der Waals surface area contributed by atoms with Gasteiger partial charge < -0.3 is 34.5 Å². The highest BCUT2D eigenvalue weighted by Gasteiger charge is 2.63. The molecule has 16 nitrogen and oxygen atoms in total. The highest BCUT2D eigenvalue weighted by atomic mass is 16.7. The number of nitrogens with one attached hydrogen (secondary N) is 1. The number of hydrazone groups is 1. The average Bonchev–Trinajstić information content (AvgIpc) is 3.56. The number of hydrogen-bond donors (Lipinski definition) is 3. The van der Waals surface area contributed by atoms with Crippen LogP contribution in [0.3, 0.4) is 0 Å². The third-order valence-corrected chi connectivity index (χ3v) is 8.85. The third-order valence-electron chi connectivity index (χ3n) is 8.85. The van der Waals surface area contributed by atoms with Crippen molar-refractivity contribution in [2.24, 2.45) is 32.2 Å². The van der Waals surface area contributed by atoms with Crippen LogP contribution in [0.15, 0.2) is 26.9 Å². The molecule has 6 atom stereocenters. The first-order valence-electron chi connectivity index (χ1n) is 15.8. The molecule has 4 rings (SSSR count). The first-order valence-corrected chi connectivity index (χ1v) is 15.8. The first kappa shape index (κ1) is 36.0. The lowest BCUT2D eigenvalue weighted by molar-refractivity contribution is -0.163. The molecule has 0 radical (unpaired) electrons. The molecule has 47 heavy (non-hydrogen) atoms. The molecule has 16 heteroatoms. The van der Waals surface area contributed by atoms with Crippen LogP contribution in [0.5, 0.6) is 0 Å². The van der Waals surface area contributed by atoms with Crippen LogP contribution in [0.25, 0.3) is 0 Å². The fourth-order valence-electron chi connectivity index (χ4n) is 6.23. The van der Waals surface area contributed by atoms with Gasteiger partial charge in [0.2, 0.25) is 6.79 Å². The third kappa shape index (κ3) is 8.53. The Morgan fingerprint density at radius 1 is 1.21 bits per heavy atom. The Kier molecular flexibility index (Phi) is 11.7. The molecule has 0 bridgehead atoms. The quantitative estimate of drug-likeness (QED) is 0.124. The molecule has 3 heterocycles. The zero-order chi connectivity index (χ0) is 34.4. The number of alkyl carbamates (subject to hydrolysis) is 1. The van der Waals surface area contributed by atoms with Crippen molar-refractivity contribution in [3.05, 3.63) is 11.8 Å². The minimum atomic E-state index is -1.55. The van der Waals surface area contributed by atoms with E-state index in [9.17, 15) is 24.3 Å². The molecule has 1 amide bonds. The van der Waals surface area contributed by atoms with Crippen molar-refractivity contribution in [3.63, 3.8) is 0 Å². The molecule has 4 aliphatic rings. The molecule has 1 saturated carbocycles. The van der Waals surface area contributed by atoms with E-state index in [2.05, 4.69) is 31.9 Å². The van der Waals surface area contributed by atoms with E-state index < -0.39 is 72.2 Å². The van der Waals surface area contributed by atoms with Crippen molar-refractivity contribution < 1.29 is 48.0 Å². The molecule has 1 saturated heterocycles. The molecule has 0 aromatic rings. The second-order valence-corrected chi connectivity index (χ2v) is 13.3. The van der Waals surface area contributed by atoms with Crippen molar-refractivity contribution in [3.8, 4) is 0 Å². The highest BCUT2D eigenvalue weighted by molar-refractivity contribution is 6.09. The molecule has 0 aromatic heterocycles. The summed E-state index contributed by atoms with van der Waals surface area (Å²) in [6, 6.07) is -1.67. The number of carbonyl (C=O) groups excluding carboxylic acids is 4. The minimum absolute atomic E-state index is 0.0848. The van der Waals surface area contributed by atoms with E-state index in [1.807, 2.05) is 0 Å². The van der Waals surface area contributed by atoms with Gasteiger partial charge in [0.25, 0.3) is 0 Å². The predicted octanol–water partition coefficient (Wildman–Crippen LogP) is 1.54. The van der Waals surface area contributed by atoms with Gasteiger partial charge in [-0.05, 0) is 37.3 Å². The molecule has 2 fully saturated rings. The number of nitrogens with two attached hydrogens (primary N) is 1. The van der Waals surface area contributed by atoms with Gasteiger partial charge in [0.1, 0.15) is 36.8 Å². The Hall–Kier alpha value is -3.89. The maximum Gasteiger partial charge on any atom is 0.415 e. The topological polar surface area (TPSA) is 213 Å². The summed E-state index contributed by atoms with van der Waals surface area (Å²) in [4.78, 5) is 57.6. The van der Waals surface area contributed by atoms with Crippen molar-refractivity contribution in [1.82, 2.24) is 10.3 Å². The lowest BCUT2D eigenvalue weighted by Gasteiger charge is -2.41. The largest absolute Gasteiger partial charge is 0.462 e. The fraction of sp³-hybridized carbons (Fsp3) is 0.710. The van der Waals surface area contributed by atoms with Gasteiger partial charge >= 0.3 is 24.0 Å². The van der Waals surface area contributed by atoms with Gasteiger partial charge in [0, 0.05) is 13.3 Å². The summed E-state index contributed by atoms with van der Waals surface area (Å²) in [5.74, 6) is -1.50. The lowest BCUT2D eigenvalue weighted by atomic mass is 9.85. The summed E-state index contributed by atoms with van der Waals surface area (Å²) in [5.41, 5.74) is 4.36. The zero-order valence-electron chi connectivity index (χ0n) is 27.4. The number of aliphatic hydroxyl groups is 1. The zero-order valence-corrected chi connectivity index (χ0v) is 27.4. The molecule has 4 N–H and O–H groups in total. The van der Waals surface area contributed by atoms with Gasteiger partial charge in [-0.15, -0.1) is 0 Å². The summed E-state index contributed by atoms with van der Waals surface area (Å²) >= 11 is 0.